The van der Waals surface area contributed by atoms with Crippen LogP contribution in [0.25, 0.3) is 11.5 Å². The zero-order valence-electron chi connectivity index (χ0n) is 16.0. The van der Waals surface area contributed by atoms with Gasteiger partial charge in [0, 0.05) is 37.4 Å². The lowest BCUT2D eigenvalue weighted by atomic mass is 10.0. The number of amides is 1. The number of nitrogens with zero attached hydrogens (tertiary/aromatic N) is 5. The smallest absolute Gasteiger partial charge is 0.256 e. The van der Waals surface area contributed by atoms with E-state index in [4.69, 9.17) is 16.3 Å². The van der Waals surface area contributed by atoms with Crippen molar-refractivity contribution in [2.75, 3.05) is 13.1 Å². The van der Waals surface area contributed by atoms with E-state index in [0.29, 0.717) is 41.1 Å². The van der Waals surface area contributed by atoms with Crippen LogP contribution in [0.2, 0.25) is 5.02 Å². The van der Waals surface area contributed by atoms with Crippen molar-refractivity contribution in [2.24, 2.45) is 0 Å². The van der Waals surface area contributed by atoms with E-state index in [0.717, 1.165) is 18.4 Å². The van der Waals surface area contributed by atoms with E-state index in [1.54, 1.807) is 47.9 Å². The summed E-state index contributed by atoms with van der Waals surface area (Å²) in [7, 11) is 0. The van der Waals surface area contributed by atoms with Crippen molar-refractivity contribution in [3.63, 3.8) is 0 Å². The minimum atomic E-state index is -0.129. The van der Waals surface area contributed by atoms with Gasteiger partial charge >= 0.3 is 0 Å². The van der Waals surface area contributed by atoms with Gasteiger partial charge in [0.2, 0.25) is 5.88 Å². The Balaban J connectivity index is 1.55. The number of carbonyl (C=O) groups excluding carboxylic acids is 1. The van der Waals surface area contributed by atoms with E-state index in [1.807, 2.05) is 13.0 Å². The van der Waals surface area contributed by atoms with Crippen LogP contribution in [0.3, 0.4) is 0 Å². The first-order valence-corrected chi connectivity index (χ1v) is 9.79. The summed E-state index contributed by atoms with van der Waals surface area (Å²) in [4.78, 5) is 32.3. The SMILES string of the molecule is Cc1cnc(-c2ncccn2)c(C(=O)N2CCC[C@@H](Oc3ccc(Cl)cn3)C2)c1. The van der Waals surface area contributed by atoms with Gasteiger partial charge < -0.3 is 9.64 Å². The zero-order valence-corrected chi connectivity index (χ0v) is 16.7. The average Bonchev–Trinajstić information content (AvgIpc) is 2.75. The fourth-order valence-corrected chi connectivity index (χ4v) is 3.44. The lowest BCUT2D eigenvalue weighted by molar-refractivity contribution is 0.0528. The molecule has 1 aliphatic rings. The molecule has 0 aliphatic carbocycles. The summed E-state index contributed by atoms with van der Waals surface area (Å²) in [6, 6.07) is 7.04. The van der Waals surface area contributed by atoms with Crippen LogP contribution in [0.15, 0.2) is 49.1 Å². The van der Waals surface area contributed by atoms with Gasteiger partial charge in [-0.2, -0.15) is 0 Å². The number of hydrogen-bond donors (Lipinski definition) is 0. The van der Waals surface area contributed by atoms with E-state index < -0.39 is 0 Å². The van der Waals surface area contributed by atoms with E-state index in [1.165, 1.54) is 0 Å². The van der Waals surface area contributed by atoms with Crippen molar-refractivity contribution < 1.29 is 9.53 Å². The average molecular weight is 410 g/mol. The summed E-state index contributed by atoms with van der Waals surface area (Å²) in [5, 5.41) is 0.556. The molecule has 0 N–H and O–H groups in total. The number of aromatic nitrogens is 4. The molecule has 3 aromatic heterocycles. The Bertz CT molecular complexity index is 998. The number of pyridine rings is 2. The maximum Gasteiger partial charge on any atom is 0.256 e. The van der Waals surface area contributed by atoms with E-state index in [2.05, 4.69) is 19.9 Å². The molecular formula is C21H20ClN5O2. The third kappa shape index (κ3) is 4.51. The Kier molecular flexibility index (Phi) is 5.67. The number of hydrogen-bond acceptors (Lipinski definition) is 6. The summed E-state index contributed by atoms with van der Waals surface area (Å²) in [6.45, 7) is 3.05. The van der Waals surface area contributed by atoms with E-state index in [9.17, 15) is 4.79 Å². The topological polar surface area (TPSA) is 81.1 Å². The maximum atomic E-state index is 13.3. The lowest BCUT2D eigenvalue weighted by Crippen LogP contribution is -2.44. The highest BCUT2D eigenvalue weighted by Gasteiger charge is 2.28. The van der Waals surface area contributed by atoms with Crippen molar-refractivity contribution in [3.8, 4) is 17.4 Å². The molecule has 29 heavy (non-hydrogen) atoms. The Morgan fingerprint density at radius 2 is 2.00 bits per heavy atom. The molecule has 0 saturated carbocycles. The molecule has 148 valence electrons. The van der Waals surface area contributed by atoms with Gasteiger partial charge in [-0.3, -0.25) is 9.78 Å². The van der Waals surface area contributed by atoms with Crippen molar-refractivity contribution >= 4 is 17.5 Å². The molecule has 4 heterocycles. The molecule has 1 fully saturated rings. The standard InChI is InChI=1S/C21H20ClN5O2/c1-14-10-17(19(26-11-14)20-23-7-3-8-24-20)21(28)27-9-2-4-16(13-27)29-18-6-5-15(22)12-25-18/h3,5-8,10-12,16H,2,4,9,13H2,1H3/t16-/m1/s1. The highest BCUT2D eigenvalue weighted by atomic mass is 35.5. The summed E-state index contributed by atoms with van der Waals surface area (Å²) in [5.74, 6) is 0.844. The van der Waals surface area contributed by atoms with Crippen LogP contribution in [0.1, 0.15) is 28.8 Å². The highest BCUT2D eigenvalue weighted by molar-refractivity contribution is 6.30. The molecule has 1 atom stereocenters. The van der Waals surface area contributed by atoms with Gasteiger partial charge in [-0.1, -0.05) is 11.6 Å². The predicted molar refractivity (Wildman–Crippen MR) is 109 cm³/mol. The molecule has 0 aromatic carbocycles. The molecular weight excluding hydrogens is 390 g/mol. The number of likely N-dealkylation sites (tertiary alicyclic amines) is 1. The monoisotopic (exact) mass is 409 g/mol. The van der Waals surface area contributed by atoms with Crippen molar-refractivity contribution in [2.45, 2.75) is 25.9 Å². The second-order valence-electron chi connectivity index (χ2n) is 6.93. The molecule has 1 saturated heterocycles. The second kappa shape index (κ2) is 8.53. The number of carbonyl (C=O) groups is 1. The van der Waals surface area contributed by atoms with Gasteiger partial charge in [-0.15, -0.1) is 0 Å². The quantitative estimate of drug-likeness (QED) is 0.655. The Labute approximate surface area is 173 Å². The summed E-state index contributed by atoms with van der Waals surface area (Å²) in [6.07, 6.45) is 8.12. The van der Waals surface area contributed by atoms with Crippen LogP contribution in [-0.2, 0) is 0 Å². The van der Waals surface area contributed by atoms with Crippen LogP contribution < -0.4 is 4.74 Å². The molecule has 0 bridgehead atoms. The molecule has 0 unspecified atom stereocenters. The third-order valence-corrected chi connectivity index (χ3v) is 4.91. The highest BCUT2D eigenvalue weighted by Crippen LogP contribution is 2.23. The fourth-order valence-electron chi connectivity index (χ4n) is 3.32. The molecule has 0 spiro atoms. The van der Waals surface area contributed by atoms with Crippen molar-refractivity contribution in [1.82, 2.24) is 24.8 Å². The van der Waals surface area contributed by atoms with Crippen molar-refractivity contribution in [3.05, 3.63) is 65.2 Å². The second-order valence-corrected chi connectivity index (χ2v) is 7.37. The van der Waals surface area contributed by atoms with Crippen LogP contribution in [-0.4, -0.2) is 49.9 Å². The fraction of sp³-hybridized carbons (Fsp3) is 0.286. The molecule has 7 nitrogen and oxygen atoms in total. The van der Waals surface area contributed by atoms with Crippen molar-refractivity contribution in [1.29, 1.82) is 0 Å². The number of halogens is 1. The number of aryl methyl sites for hydroxylation is 1. The lowest BCUT2D eigenvalue weighted by Gasteiger charge is -2.33. The van der Waals surface area contributed by atoms with E-state index in [-0.39, 0.29) is 12.0 Å². The number of ether oxygens (including phenoxy) is 1. The number of rotatable bonds is 4. The molecule has 1 aliphatic heterocycles. The van der Waals surface area contributed by atoms with Crippen LogP contribution in [0.5, 0.6) is 5.88 Å². The Hall–Kier alpha value is -3.06. The zero-order chi connectivity index (χ0) is 20.2. The summed E-state index contributed by atoms with van der Waals surface area (Å²) < 4.78 is 5.96. The van der Waals surface area contributed by atoms with E-state index >= 15 is 0 Å². The van der Waals surface area contributed by atoms with Gasteiger partial charge in [-0.25, -0.2) is 15.0 Å². The Morgan fingerprint density at radius 1 is 1.17 bits per heavy atom. The maximum absolute atomic E-state index is 13.3. The largest absolute Gasteiger partial charge is 0.472 e. The van der Waals surface area contributed by atoms with Gasteiger partial charge in [0.05, 0.1) is 17.1 Å². The van der Waals surface area contributed by atoms with Gasteiger partial charge in [0.25, 0.3) is 5.91 Å². The van der Waals surface area contributed by atoms with Crippen LogP contribution in [0, 0.1) is 6.92 Å². The Morgan fingerprint density at radius 3 is 2.76 bits per heavy atom. The normalized spacial score (nSPS) is 16.5. The summed E-state index contributed by atoms with van der Waals surface area (Å²) >= 11 is 5.88. The molecule has 4 rings (SSSR count). The summed E-state index contributed by atoms with van der Waals surface area (Å²) in [5.41, 5.74) is 1.90. The third-order valence-electron chi connectivity index (χ3n) is 4.69. The van der Waals surface area contributed by atoms with Gasteiger partial charge in [0.15, 0.2) is 5.82 Å². The molecule has 3 aromatic rings. The van der Waals surface area contributed by atoms with Crippen LogP contribution >= 0.6 is 11.6 Å². The first kappa shape index (κ1) is 19.3. The minimum Gasteiger partial charge on any atom is -0.472 e. The van der Waals surface area contributed by atoms with Crippen LogP contribution in [0.4, 0.5) is 0 Å². The van der Waals surface area contributed by atoms with Gasteiger partial charge in [0.1, 0.15) is 11.8 Å². The first-order chi connectivity index (χ1) is 14.1. The molecule has 8 heteroatoms. The molecule has 1 amide bonds. The number of piperidine rings is 1. The van der Waals surface area contributed by atoms with Gasteiger partial charge in [-0.05, 0) is 43.5 Å². The predicted octanol–water partition coefficient (Wildman–Crippen LogP) is 3.58. The minimum absolute atomic E-state index is 0.0963. The first-order valence-electron chi connectivity index (χ1n) is 9.41. The molecule has 0 radical (unpaired) electrons.